The molecule has 1 amide bonds. The summed E-state index contributed by atoms with van der Waals surface area (Å²) < 4.78 is 5.36. The largest absolute Gasteiger partial charge is 0.444 e. The fraction of sp³-hybridized carbons (Fsp3) is 0.652. The molecule has 0 saturated carbocycles. The molecule has 176 valence electrons. The van der Waals surface area contributed by atoms with Crippen molar-refractivity contribution in [2.24, 2.45) is 0 Å². The number of hydrogen-bond acceptors (Lipinski definition) is 7. The van der Waals surface area contributed by atoms with Crippen molar-refractivity contribution in [3.8, 4) is 0 Å². The monoisotopic (exact) mass is 437 g/mol. The van der Waals surface area contributed by atoms with E-state index in [4.69, 9.17) is 9.57 Å². The van der Waals surface area contributed by atoms with Crippen molar-refractivity contribution in [3.63, 3.8) is 0 Å². The van der Waals surface area contributed by atoms with Crippen molar-refractivity contribution < 1.29 is 24.3 Å². The minimum Gasteiger partial charge on any atom is -0.444 e. The number of nitrogens with one attached hydrogen (secondary N) is 1. The van der Waals surface area contributed by atoms with Crippen LogP contribution < -0.4 is 5.48 Å². The molecule has 1 rings (SSSR count). The molecule has 0 fully saturated rings. The Morgan fingerprint density at radius 1 is 0.968 bits per heavy atom. The van der Waals surface area contributed by atoms with Crippen molar-refractivity contribution >= 4 is 12.1 Å². The Hall–Kier alpha value is -2.16. The van der Waals surface area contributed by atoms with E-state index in [1.807, 2.05) is 26.8 Å². The van der Waals surface area contributed by atoms with Crippen molar-refractivity contribution in [1.29, 1.82) is 0 Å². The third-order valence-electron chi connectivity index (χ3n) is 4.55. The van der Waals surface area contributed by atoms with E-state index < -0.39 is 5.60 Å². The van der Waals surface area contributed by atoms with Crippen LogP contribution in [0, 0.1) is 0 Å². The second-order valence-electron chi connectivity index (χ2n) is 8.53. The molecule has 0 radical (unpaired) electrons. The van der Waals surface area contributed by atoms with Gasteiger partial charge in [-0.2, -0.15) is 5.48 Å². The molecule has 0 unspecified atom stereocenters. The van der Waals surface area contributed by atoms with Gasteiger partial charge in [-0.05, 0) is 52.3 Å². The highest BCUT2D eigenvalue weighted by atomic mass is 16.7. The van der Waals surface area contributed by atoms with E-state index >= 15 is 0 Å². The fourth-order valence-corrected chi connectivity index (χ4v) is 2.84. The first-order chi connectivity index (χ1) is 14.7. The number of hydrogen-bond donors (Lipinski definition) is 2. The lowest BCUT2D eigenvalue weighted by molar-refractivity contribution is 0.0247. The van der Waals surface area contributed by atoms with Crippen LogP contribution in [0.15, 0.2) is 30.3 Å². The minimum atomic E-state index is -0.509. The van der Waals surface area contributed by atoms with E-state index in [-0.39, 0.29) is 18.7 Å². The number of likely N-dealkylation sites (N-methyl/N-ethyl adjacent to an activating group) is 1. The lowest BCUT2D eigenvalue weighted by Gasteiger charge is -2.27. The Morgan fingerprint density at radius 3 is 2.29 bits per heavy atom. The second-order valence-corrected chi connectivity index (χ2v) is 8.53. The van der Waals surface area contributed by atoms with Crippen LogP contribution >= 0.6 is 0 Å². The quantitative estimate of drug-likeness (QED) is 0.341. The van der Waals surface area contributed by atoms with Crippen LogP contribution in [0.5, 0.6) is 0 Å². The molecule has 8 nitrogen and oxygen atoms in total. The molecule has 0 heterocycles. The molecular weight excluding hydrogens is 398 g/mol. The van der Waals surface area contributed by atoms with Gasteiger partial charge in [0.15, 0.2) is 0 Å². The molecule has 0 aromatic heterocycles. The van der Waals surface area contributed by atoms with Gasteiger partial charge in [-0.1, -0.05) is 31.0 Å². The van der Waals surface area contributed by atoms with E-state index in [9.17, 15) is 14.7 Å². The standard InChI is InChI=1S/C23H39N3O5/c1-23(2,3)30-22(29)25(4)16-17-26(18-19-27)15-11-6-5-10-14-24-31-21(28)20-12-8-7-9-13-20/h7-9,12-13,24,27H,5-6,10-11,14-19H2,1-4H3. The van der Waals surface area contributed by atoms with Crippen LogP contribution in [0.2, 0.25) is 0 Å². The highest BCUT2D eigenvalue weighted by molar-refractivity contribution is 5.89. The first-order valence-corrected chi connectivity index (χ1v) is 11.0. The number of amides is 1. The molecule has 0 spiro atoms. The summed E-state index contributed by atoms with van der Waals surface area (Å²) >= 11 is 0. The van der Waals surface area contributed by atoms with Crippen molar-refractivity contribution in [1.82, 2.24) is 15.3 Å². The summed E-state index contributed by atoms with van der Waals surface area (Å²) in [5.74, 6) is -0.378. The number of unbranched alkanes of at least 4 members (excludes halogenated alkanes) is 3. The molecule has 0 saturated heterocycles. The van der Waals surface area contributed by atoms with Crippen molar-refractivity contribution in [2.75, 3.05) is 46.4 Å². The van der Waals surface area contributed by atoms with Gasteiger partial charge in [-0.25, -0.2) is 9.59 Å². The van der Waals surface area contributed by atoms with Gasteiger partial charge in [0.2, 0.25) is 0 Å². The minimum absolute atomic E-state index is 0.0901. The maximum atomic E-state index is 12.0. The zero-order valence-electron chi connectivity index (χ0n) is 19.4. The van der Waals surface area contributed by atoms with Gasteiger partial charge in [0.25, 0.3) is 0 Å². The number of aliphatic hydroxyl groups excluding tert-OH is 1. The number of carbonyl (C=O) groups excluding carboxylic acids is 2. The summed E-state index contributed by atoms with van der Waals surface area (Å²) in [5, 5.41) is 9.29. The van der Waals surface area contributed by atoms with Crippen LogP contribution in [-0.4, -0.2) is 78.9 Å². The number of ether oxygens (including phenoxy) is 1. The normalized spacial score (nSPS) is 11.4. The SMILES string of the molecule is CN(CCN(CCO)CCCCCCNOC(=O)c1ccccc1)C(=O)OC(C)(C)C. The summed E-state index contributed by atoms with van der Waals surface area (Å²) in [6, 6.07) is 8.88. The highest BCUT2D eigenvalue weighted by Crippen LogP contribution is 2.09. The zero-order valence-corrected chi connectivity index (χ0v) is 19.4. The number of hydroxylamine groups is 1. The average molecular weight is 438 g/mol. The second kappa shape index (κ2) is 14.8. The van der Waals surface area contributed by atoms with E-state index in [0.717, 1.165) is 32.2 Å². The van der Waals surface area contributed by atoms with Crippen LogP contribution in [-0.2, 0) is 9.57 Å². The Morgan fingerprint density at radius 2 is 1.65 bits per heavy atom. The lowest BCUT2D eigenvalue weighted by atomic mass is 10.2. The average Bonchev–Trinajstić information content (AvgIpc) is 2.72. The van der Waals surface area contributed by atoms with Gasteiger partial charge < -0.3 is 19.6 Å². The van der Waals surface area contributed by atoms with Crippen molar-refractivity contribution in [2.45, 2.75) is 52.1 Å². The van der Waals surface area contributed by atoms with E-state index in [1.165, 1.54) is 0 Å². The predicted molar refractivity (Wildman–Crippen MR) is 121 cm³/mol. The maximum Gasteiger partial charge on any atom is 0.410 e. The smallest absolute Gasteiger partial charge is 0.410 e. The molecule has 2 N–H and O–H groups in total. The molecule has 0 aliphatic carbocycles. The summed E-state index contributed by atoms with van der Waals surface area (Å²) in [6.07, 6.45) is 3.62. The Labute approximate surface area is 186 Å². The maximum absolute atomic E-state index is 12.0. The fourth-order valence-electron chi connectivity index (χ4n) is 2.84. The summed E-state index contributed by atoms with van der Waals surface area (Å²) in [6.45, 7) is 8.92. The molecule has 31 heavy (non-hydrogen) atoms. The number of nitrogens with zero attached hydrogens (tertiary/aromatic N) is 2. The molecule has 1 aromatic carbocycles. The number of rotatable bonds is 14. The van der Waals surface area contributed by atoms with Gasteiger partial charge >= 0.3 is 12.1 Å². The van der Waals surface area contributed by atoms with Gasteiger partial charge in [-0.3, -0.25) is 4.90 Å². The molecule has 0 aliphatic rings. The third-order valence-corrected chi connectivity index (χ3v) is 4.55. The van der Waals surface area contributed by atoms with Crippen LogP contribution in [0.25, 0.3) is 0 Å². The Kier molecular flexibility index (Phi) is 12.8. The van der Waals surface area contributed by atoms with Crippen LogP contribution in [0.1, 0.15) is 56.8 Å². The summed E-state index contributed by atoms with van der Waals surface area (Å²) in [4.78, 5) is 32.6. The van der Waals surface area contributed by atoms with E-state index in [0.29, 0.717) is 31.7 Å². The summed E-state index contributed by atoms with van der Waals surface area (Å²) in [7, 11) is 1.73. The van der Waals surface area contributed by atoms with Gasteiger partial charge in [0, 0.05) is 33.2 Å². The van der Waals surface area contributed by atoms with E-state index in [1.54, 1.807) is 36.2 Å². The van der Waals surface area contributed by atoms with E-state index in [2.05, 4.69) is 10.4 Å². The first kappa shape index (κ1) is 26.9. The third kappa shape index (κ3) is 13.0. The predicted octanol–water partition coefficient (Wildman–Crippen LogP) is 3.07. The Balaban J connectivity index is 2.13. The highest BCUT2D eigenvalue weighted by Gasteiger charge is 2.19. The van der Waals surface area contributed by atoms with Gasteiger partial charge in [0.1, 0.15) is 5.60 Å². The Bertz CT molecular complexity index is 634. The molecule has 8 heteroatoms. The lowest BCUT2D eigenvalue weighted by Crippen LogP contribution is -2.40. The molecule has 0 bridgehead atoms. The first-order valence-electron chi connectivity index (χ1n) is 11.0. The molecule has 0 atom stereocenters. The van der Waals surface area contributed by atoms with Crippen LogP contribution in [0.3, 0.4) is 0 Å². The number of carbonyl (C=O) groups is 2. The van der Waals surface area contributed by atoms with Crippen molar-refractivity contribution in [3.05, 3.63) is 35.9 Å². The molecular formula is C23H39N3O5. The number of aliphatic hydroxyl groups is 1. The summed E-state index contributed by atoms with van der Waals surface area (Å²) in [5.41, 5.74) is 2.74. The molecule has 0 aliphatic heterocycles. The number of benzene rings is 1. The van der Waals surface area contributed by atoms with Crippen LogP contribution in [0.4, 0.5) is 4.79 Å². The molecule has 1 aromatic rings. The topological polar surface area (TPSA) is 91.3 Å². The van der Waals surface area contributed by atoms with Gasteiger partial charge in [0.05, 0.1) is 12.2 Å². The zero-order chi connectivity index (χ0) is 23.1. The van der Waals surface area contributed by atoms with Gasteiger partial charge in [-0.15, -0.1) is 0 Å².